The van der Waals surface area contributed by atoms with Gasteiger partial charge in [0.1, 0.15) is 5.67 Å². The molecule has 0 fully saturated rings. The van der Waals surface area contributed by atoms with E-state index < -0.39 is 20.4 Å². The first-order valence-corrected chi connectivity index (χ1v) is 9.46. The third-order valence-corrected chi connectivity index (χ3v) is 5.64. The van der Waals surface area contributed by atoms with Crippen LogP contribution in [0.5, 0.6) is 0 Å². The van der Waals surface area contributed by atoms with Crippen molar-refractivity contribution in [2.75, 3.05) is 6.61 Å². The molecule has 134 valence electrons. The lowest BCUT2D eigenvalue weighted by Gasteiger charge is -2.30. The van der Waals surface area contributed by atoms with Gasteiger partial charge in [-0.1, -0.05) is 24.0 Å². The Hall–Kier alpha value is -1.42. The molecule has 4 nitrogen and oxygen atoms in total. The summed E-state index contributed by atoms with van der Waals surface area (Å²) in [4.78, 5) is 0. The Morgan fingerprint density at radius 2 is 1.75 bits per heavy atom. The van der Waals surface area contributed by atoms with Crippen molar-refractivity contribution >= 4 is 10.0 Å². The summed E-state index contributed by atoms with van der Waals surface area (Å²) in [5.74, 6) is 5.99. The molecule has 1 aromatic rings. The molecule has 0 heterocycles. The van der Waals surface area contributed by atoms with Crippen molar-refractivity contribution in [1.29, 1.82) is 0 Å². The van der Waals surface area contributed by atoms with Crippen molar-refractivity contribution in [2.24, 2.45) is 5.14 Å². The van der Waals surface area contributed by atoms with Crippen molar-refractivity contribution in [2.45, 2.75) is 56.9 Å². The minimum absolute atomic E-state index is 0.167. The Bertz CT molecular complexity index is 698. The summed E-state index contributed by atoms with van der Waals surface area (Å²) in [7, 11) is -3.85. The molecule has 1 rings (SSSR count). The number of benzene rings is 1. The van der Waals surface area contributed by atoms with Gasteiger partial charge in [0.05, 0.1) is 4.75 Å². The SMILES string of the molecule is CC(F)(CC(C)(C)S(N)(=O)=O)c1ccc(C#CCCCCO)cc1. The number of primary sulfonamides is 1. The van der Waals surface area contributed by atoms with Crippen molar-refractivity contribution in [3.63, 3.8) is 0 Å². The van der Waals surface area contributed by atoms with Crippen molar-refractivity contribution < 1.29 is 17.9 Å². The van der Waals surface area contributed by atoms with Crippen molar-refractivity contribution in [3.05, 3.63) is 35.4 Å². The van der Waals surface area contributed by atoms with Crippen LogP contribution in [-0.4, -0.2) is 24.9 Å². The van der Waals surface area contributed by atoms with E-state index in [2.05, 4.69) is 11.8 Å². The van der Waals surface area contributed by atoms with E-state index in [-0.39, 0.29) is 13.0 Å². The largest absolute Gasteiger partial charge is 0.396 e. The molecule has 24 heavy (non-hydrogen) atoms. The van der Waals surface area contributed by atoms with Crippen LogP contribution in [0.3, 0.4) is 0 Å². The van der Waals surface area contributed by atoms with Gasteiger partial charge in [-0.25, -0.2) is 17.9 Å². The third kappa shape index (κ3) is 5.90. The first-order valence-electron chi connectivity index (χ1n) is 7.91. The average Bonchev–Trinajstić information content (AvgIpc) is 2.45. The number of sulfonamides is 1. The number of alkyl halides is 1. The zero-order chi connectivity index (χ0) is 18.4. The predicted molar refractivity (Wildman–Crippen MR) is 94.5 cm³/mol. The van der Waals surface area contributed by atoms with Crippen LogP contribution in [0.4, 0.5) is 4.39 Å². The number of aliphatic hydroxyl groups is 1. The number of hydrogen-bond acceptors (Lipinski definition) is 3. The summed E-state index contributed by atoms with van der Waals surface area (Å²) in [5, 5.41) is 13.9. The topological polar surface area (TPSA) is 80.4 Å². The molecule has 0 bridgehead atoms. The highest BCUT2D eigenvalue weighted by atomic mass is 32.2. The highest BCUT2D eigenvalue weighted by Gasteiger charge is 2.40. The Morgan fingerprint density at radius 3 is 2.25 bits per heavy atom. The van der Waals surface area contributed by atoms with Gasteiger partial charge in [-0.3, -0.25) is 0 Å². The van der Waals surface area contributed by atoms with E-state index in [0.717, 1.165) is 18.4 Å². The maximum absolute atomic E-state index is 15.0. The quantitative estimate of drug-likeness (QED) is 0.583. The lowest BCUT2D eigenvalue weighted by Crippen LogP contribution is -2.42. The maximum Gasteiger partial charge on any atom is 0.214 e. The van der Waals surface area contributed by atoms with Crippen LogP contribution in [0.25, 0.3) is 0 Å². The highest BCUT2D eigenvalue weighted by Crippen LogP contribution is 2.36. The summed E-state index contributed by atoms with van der Waals surface area (Å²) < 4.78 is 36.8. The molecule has 0 saturated heterocycles. The lowest BCUT2D eigenvalue weighted by molar-refractivity contribution is 0.160. The predicted octanol–water partition coefficient (Wildman–Crippen LogP) is 2.84. The van der Waals surface area contributed by atoms with Crippen LogP contribution in [0.15, 0.2) is 24.3 Å². The minimum Gasteiger partial charge on any atom is -0.396 e. The molecule has 0 radical (unpaired) electrons. The smallest absolute Gasteiger partial charge is 0.214 e. The van der Waals surface area contributed by atoms with Crippen LogP contribution < -0.4 is 5.14 Å². The molecule has 1 unspecified atom stereocenters. The van der Waals surface area contributed by atoms with Gasteiger partial charge in [-0.2, -0.15) is 0 Å². The molecule has 6 heteroatoms. The van der Waals surface area contributed by atoms with E-state index in [0.29, 0.717) is 12.0 Å². The van der Waals surface area contributed by atoms with Gasteiger partial charge < -0.3 is 5.11 Å². The number of halogens is 1. The number of rotatable bonds is 7. The minimum atomic E-state index is -3.85. The average molecular weight is 355 g/mol. The molecule has 0 spiro atoms. The number of hydrogen-bond donors (Lipinski definition) is 2. The first kappa shape index (κ1) is 20.6. The van der Waals surface area contributed by atoms with Gasteiger partial charge in [-0.05, 0) is 51.3 Å². The van der Waals surface area contributed by atoms with Crippen molar-refractivity contribution in [1.82, 2.24) is 0 Å². The summed E-state index contributed by atoms with van der Waals surface area (Å²) in [5.41, 5.74) is -0.655. The van der Waals surface area contributed by atoms with E-state index in [4.69, 9.17) is 10.2 Å². The van der Waals surface area contributed by atoms with Gasteiger partial charge in [0.25, 0.3) is 0 Å². The molecule has 0 aromatic heterocycles. The molecule has 3 N–H and O–H groups in total. The van der Waals surface area contributed by atoms with Crippen LogP contribution in [0.2, 0.25) is 0 Å². The fourth-order valence-electron chi connectivity index (χ4n) is 2.39. The van der Waals surface area contributed by atoms with Gasteiger partial charge in [-0.15, -0.1) is 0 Å². The normalized spacial score (nSPS) is 14.6. The van der Waals surface area contributed by atoms with Crippen LogP contribution >= 0.6 is 0 Å². The van der Waals surface area contributed by atoms with Crippen LogP contribution in [0, 0.1) is 11.8 Å². The second kappa shape index (κ2) is 8.11. The fourth-order valence-corrected chi connectivity index (χ4v) is 2.87. The molecule has 0 aliphatic rings. The van der Waals surface area contributed by atoms with E-state index in [1.54, 1.807) is 24.3 Å². The first-order chi connectivity index (χ1) is 11.0. The molecular formula is C18H26FNO3S. The molecule has 0 aliphatic heterocycles. The van der Waals surface area contributed by atoms with E-state index in [9.17, 15) is 12.8 Å². The van der Waals surface area contributed by atoms with Gasteiger partial charge in [0.15, 0.2) is 0 Å². The maximum atomic E-state index is 15.0. The standard InChI is InChI=1S/C18H26FNO3S/c1-17(2,24(20,22)23)14-18(3,19)16-11-9-15(10-12-16)8-6-4-5-7-13-21/h9-12,21H,4-5,7,13-14H2,1-3H3,(H2,20,22,23). The zero-order valence-corrected chi connectivity index (χ0v) is 15.3. The molecule has 0 amide bonds. The van der Waals surface area contributed by atoms with Gasteiger partial charge in [0.2, 0.25) is 10.0 Å². The highest BCUT2D eigenvalue weighted by molar-refractivity contribution is 7.90. The van der Waals surface area contributed by atoms with Crippen LogP contribution in [-0.2, 0) is 15.7 Å². The fraction of sp³-hybridized carbons (Fsp3) is 0.556. The molecule has 1 aromatic carbocycles. The monoisotopic (exact) mass is 355 g/mol. The summed E-state index contributed by atoms with van der Waals surface area (Å²) in [6.07, 6.45) is 2.04. The Labute approximate surface area is 144 Å². The second-order valence-corrected chi connectivity index (χ2v) is 8.93. The van der Waals surface area contributed by atoms with E-state index in [1.165, 1.54) is 20.8 Å². The summed E-state index contributed by atoms with van der Waals surface area (Å²) >= 11 is 0. The Balaban J connectivity index is 2.84. The van der Waals surface area contributed by atoms with Crippen molar-refractivity contribution in [3.8, 4) is 11.8 Å². The lowest BCUT2D eigenvalue weighted by atomic mass is 9.88. The number of unbranched alkanes of at least 4 members (excludes halogenated alkanes) is 2. The van der Waals surface area contributed by atoms with Gasteiger partial charge in [0, 0.05) is 25.0 Å². The van der Waals surface area contributed by atoms with Crippen LogP contribution in [0.1, 0.15) is 57.6 Å². The zero-order valence-electron chi connectivity index (χ0n) is 14.5. The van der Waals surface area contributed by atoms with E-state index >= 15 is 0 Å². The molecule has 0 saturated carbocycles. The molecule has 0 aliphatic carbocycles. The summed E-state index contributed by atoms with van der Waals surface area (Å²) in [6.45, 7) is 4.37. The number of nitrogens with two attached hydrogens (primary N) is 1. The Kier molecular flexibility index (Phi) is 6.97. The third-order valence-electron chi connectivity index (χ3n) is 3.96. The van der Waals surface area contributed by atoms with Gasteiger partial charge >= 0.3 is 0 Å². The number of aliphatic hydroxyl groups excluding tert-OH is 1. The second-order valence-electron chi connectivity index (χ2n) is 6.74. The van der Waals surface area contributed by atoms with E-state index in [1.807, 2.05) is 0 Å². The Morgan fingerprint density at radius 1 is 1.17 bits per heavy atom. The molecule has 1 atom stereocenters. The summed E-state index contributed by atoms with van der Waals surface area (Å²) in [6, 6.07) is 6.68. The molecular weight excluding hydrogens is 329 g/mol.